The maximum Gasteiger partial charge on any atom is 0.138 e. The molecule has 0 fully saturated rings. The Labute approximate surface area is 69.5 Å². The van der Waals surface area contributed by atoms with Gasteiger partial charge in [-0.2, -0.15) is 0 Å². The van der Waals surface area contributed by atoms with Crippen LogP contribution in [0.1, 0.15) is 0 Å². The van der Waals surface area contributed by atoms with E-state index in [1.54, 1.807) is 18.2 Å². The highest BCUT2D eigenvalue weighted by atomic mass is 35.5. The summed E-state index contributed by atoms with van der Waals surface area (Å²) in [5.41, 5.74) is 0. The van der Waals surface area contributed by atoms with E-state index in [9.17, 15) is 0 Å². The zero-order chi connectivity index (χ0) is 7.56. The van der Waals surface area contributed by atoms with Crippen LogP contribution in [0.25, 0.3) is 0 Å². The second-order valence-corrected chi connectivity index (χ2v) is 2.56. The Balaban J connectivity index is 3.07. The zero-order valence-electron chi connectivity index (χ0n) is 5.10. The zero-order valence-corrected chi connectivity index (χ0v) is 6.62. The van der Waals surface area contributed by atoms with Crippen molar-refractivity contribution >= 4 is 23.2 Å². The summed E-state index contributed by atoms with van der Waals surface area (Å²) >= 11 is 11.3. The SMILES string of the molecule is [CH2]Oc1ccc(Cl)cc1Cl. The molecule has 1 nitrogen and oxygen atoms in total. The van der Waals surface area contributed by atoms with Crippen molar-refractivity contribution in [1.82, 2.24) is 0 Å². The quantitative estimate of drug-likeness (QED) is 0.638. The number of rotatable bonds is 1. The number of hydrogen-bond donors (Lipinski definition) is 0. The summed E-state index contributed by atoms with van der Waals surface area (Å²) in [6.45, 7) is 0. The van der Waals surface area contributed by atoms with Gasteiger partial charge in [0.15, 0.2) is 0 Å². The first-order valence-electron chi connectivity index (χ1n) is 2.61. The molecule has 0 spiro atoms. The van der Waals surface area contributed by atoms with Gasteiger partial charge in [0.25, 0.3) is 0 Å². The van der Waals surface area contributed by atoms with Gasteiger partial charge in [0.05, 0.1) is 5.02 Å². The summed E-state index contributed by atoms with van der Waals surface area (Å²) in [4.78, 5) is 0. The van der Waals surface area contributed by atoms with Crippen molar-refractivity contribution in [2.24, 2.45) is 0 Å². The molecule has 0 aliphatic rings. The molecule has 0 bridgehead atoms. The fraction of sp³-hybridized carbons (Fsp3) is 0. The van der Waals surface area contributed by atoms with Crippen molar-refractivity contribution in [3.63, 3.8) is 0 Å². The Kier molecular flexibility index (Phi) is 2.41. The van der Waals surface area contributed by atoms with Gasteiger partial charge in [-0.15, -0.1) is 0 Å². The van der Waals surface area contributed by atoms with Crippen molar-refractivity contribution in [3.8, 4) is 5.75 Å². The highest BCUT2D eigenvalue weighted by Gasteiger charge is 1.98. The van der Waals surface area contributed by atoms with E-state index < -0.39 is 0 Å². The Morgan fingerprint density at radius 3 is 2.50 bits per heavy atom. The van der Waals surface area contributed by atoms with Crippen molar-refractivity contribution < 1.29 is 4.74 Å². The van der Waals surface area contributed by atoms with Gasteiger partial charge in [0.1, 0.15) is 12.9 Å². The van der Waals surface area contributed by atoms with E-state index in [-0.39, 0.29) is 0 Å². The number of halogens is 2. The van der Waals surface area contributed by atoms with E-state index >= 15 is 0 Å². The lowest BCUT2D eigenvalue weighted by Crippen LogP contribution is -1.79. The van der Waals surface area contributed by atoms with Crippen LogP contribution < -0.4 is 4.74 Å². The second-order valence-electron chi connectivity index (χ2n) is 1.72. The predicted molar refractivity (Wildman–Crippen MR) is 42.4 cm³/mol. The molecule has 1 aromatic carbocycles. The van der Waals surface area contributed by atoms with Crippen LogP contribution in [0.3, 0.4) is 0 Å². The summed E-state index contributed by atoms with van der Waals surface area (Å²) in [7, 11) is 3.22. The lowest BCUT2D eigenvalue weighted by Gasteiger charge is -2.00. The molecule has 0 unspecified atom stereocenters. The van der Waals surface area contributed by atoms with E-state index in [1.807, 2.05) is 0 Å². The standard InChI is InChI=1S/C7H5Cl2O/c1-10-7-3-2-5(8)4-6(7)9/h2-4H,1H2. The van der Waals surface area contributed by atoms with E-state index in [2.05, 4.69) is 11.8 Å². The van der Waals surface area contributed by atoms with Gasteiger partial charge < -0.3 is 4.74 Å². The number of ether oxygens (including phenoxy) is 1. The molecule has 1 aromatic rings. The molecule has 10 heavy (non-hydrogen) atoms. The van der Waals surface area contributed by atoms with Gasteiger partial charge in [-0.05, 0) is 18.2 Å². The maximum absolute atomic E-state index is 5.68. The van der Waals surface area contributed by atoms with Crippen LogP contribution in [0.15, 0.2) is 18.2 Å². The molecule has 0 heterocycles. The molecule has 0 amide bonds. The normalized spacial score (nSPS) is 9.50. The monoisotopic (exact) mass is 175 g/mol. The van der Waals surface area contributed by atoms with E-state index in [0.29, 0.717) is 15.8 Å². The first-order valence-corrected chi connectivity index (χ1v) is 3.36. The summed E-state index contributed by atoms with van der Waals surface area (Å²) in [5.74, 6) is 0.533. The fourth-order valence-corrected chi connectivity index (χ4v) is 1.06. The smallest absolute Gasteiger partial charge is 0.138 e. The third-order valence-electron chi connectivity index (χ3n) is 1.05. The molecule has 3 heteroatoms. The van der Waals surface area contributed by atoms with Crippen LogP contribution in [0.5, 0.6) is 5.75 Å². The van der Waals surface area contributed by atoms with Gasteiger partial charge in [0.2, 0.25) is 0 Å². The molecule has 0 atom stereocenters. The Bertz CT molecular complexity index is 235. The fourth-order valence-electron chi connectivity index (χ4n) is 0.592. The third kappa shape index (κ3) is 1.55. The Hall–Kier alpha value is -0.400. The molecule has 0 saturated heterocycles. The Morgan fingerprint density at radius 2 is 2.00 bits per heavy atom. The number of benzene rings is 1. The molecular weight excluding hydrogens is 171 g/mol. The molecule has 0 aliphatic carbocycles. The predicted octanol–water partition coefficient (Wildman–Crippen LogP) is 3.16. The van der Waals surface area contributed by atoms with Gasteiger partial charge >= 0.3 is 0 Å². The van der Waals surface area contributed by atoms with E-state index in [0.717, 1.165) is 0 Å². The maximum atomic E-state index is 5.68. The highest BCUT2D eigenvalue weighted by Crippen LogP contribution is 2.26. The molecule has 0 saturated carbocycles. The van der Waals surface area contributed by atoms with Gasteiger partial charge in [-0.1, -0.05) is 23.2 Å². The molecule has 0 aliphatic heterocycles. The minimum absolute atomic E-state index is 0.475. The molecule has 0 aromatic heterocycles. The summed E-state index contributed by atoms with van der Waals surface area (Å²) in [5, 5.41) is 1.06. The molecule has 1 rings (SSSR count). The largest absolute Gasteiger partial charge is 0.488 e. The van der Waals surface area contributed by atoms with Crippen LogP contribution in [-0.4, -0.2) is 0 Å². The summed E-state index contributed by atoms with van der Waals surface area (Å²) < 4.78 is 4.66. The van der Waals surface area contributed by atoms with Crippen LogP contribution in [-0.2, 0) is 0 Å². The molecule has 53 valence electrons. The van der Waals surface area contributed by atoms with E-state index in [4.69, 9.17) is 23.2 Å². The molecule has 1 radical (unpaired) electrons. The van der Waals surface area contributed by atoms with Gasteiger partial charge in [-0.3, -0.25) is 0 Å². The van der Waals surface area contributed by atoms with Crippen molar-refractivity contribution in [1.29, 1.82) is 0 Å². The minimum atomic E-state index is 0.475. The average Bonchev–Trinajstić information content (AvgIpc) is 1.88. The van der Waals surface area contributed by atoms with Gasteiger partial charge in [-0.25, -0.2) is 0 Å². The summed E-state index contributed by atoms with van der Waals surface area (Å²) in [6, 6.07) is 4.95. The number of hydrogen-bond acceptors (Lipinski definition) is 1. The average molecular weight is 176 g/mol. The second kappa shape index (κ2) is 3.13. The lowest BCUT2D eigenvalue weighted by atomic mass is 10.3. The minimum Gasteiger partial charge on any atom is -0.488 e. The van der Waals surface area contributed by atoms with Crippen LogP contribution in [0.2, 0.25) is 10.0 Å². The third-order valence-corrected chi connectivity index (χ3v) is 1.58. The van der Waals surface area contributed by atoms with Crippen LogP contribution >= 0.6 is 23.2 Å². The Morgan fingerprint density at radius 1 is 1.30 bits per heavy atom. The van der Waals surface area contributed by atoms with E-state index in [1.165, 1.54) is 0 Å². The molecule has 0 N–H and O–H groups in total. The van der Waals surface area contributed by atoms with Crippen molar-refractivity contribution in [2.45, 2.75) is 0 Å². The van der Waals surface area contributed by atoms with Crippen molar-refractivity contribution in [3.05, 3.63) is 35.4 Å². The topological polar surface area (TPSA) is 9.23 Å². The van der Waals surface area contributed by atoms with Crippen LogP contribution in [0, 0.1) is 7.11 Å². The lowest BCUT2D eigenvalue weighted by molar-refractivity contribution is 0.473. The first kappa shape index (κ1) is 7.70. The molecular formula is C7H5Cl2O. The first-order chi connectivity index (χ1) is 4.74. The van der Waals surface area contributed by atoms with Crippen molar-refractivity contribution in [2.75, 3.05) is 0 Å². The summed E-state index contributed by atoms with van der Waals surface area (Å²) in [6.07, 6.45) is 0. The van der Waals surface area contributed by atoms with Crippen LogP contribution in [0.4, 0.5) is 0 Å². The van der Waals surface area contributed by atoms with Gasteiger partial charge in [0, 0.05) is 5.02 Å². The highest BCUT2D eigenvalue weighted by molar-refractivity contribution is 6.35.